The largest absolute Gasteiger partial charge is 0.494 e. The predicted octanol–water partition coefficient (Wildman–Crippen LogP) is 6.64. The molecular formula is C23H25NO2S. The van der Waals surface area contributed by atoms with Gasteiger partial charge in [-0.15, -0.1) is 11.3 Å². The normalized spacial score (nSPS) is 10.7. The molecule has 2 aromatic carbocycles. The molecule has 4 heteroatoms. The topological polar surface area (TPSA) is 39.2 Å². The highest BCUT2D eigenvalue weighted by atomic mass is 32.1. The van der Waals surface area contributed by atoms with Crippen LogP contribution in [0.3, 0.4) is 0 Å². The van der Waals surface area contributed by atoms with E-state index in [0.29, 0.717) is 5.56 Å². The zero-order valence-corrected chi connectivity index (χ0v) is 16.5. The van der Waals surface area contributed by atoms with Gasteiger partial charge in [-0.2, -0.15) is 0 Å². The summed E-state index contributed by atoms with van der Waals surface area (Å²) in [7, 11) is 0. The number of aromatic nitrogens is 1. The number of unbranched alkanes of at least 4 members (excludes halogenated alkanes) is 4. The molecule has 0 bridgehead atoms. The Morgan fingerprint density at radius 3 is 2.33 bits per heavy atom. The van der Waals surface area contributed by atoms with Crippen LogP contribution in [-0.4, -0.2) is 17.9 Å². The SMILES string of the molecule is CCCCCCCOc1ccc(-c2ncc(-c3ccc(C=O)cc3)s2)cc1. The maximum absolute atomic E-state index is 10.8. The number of ether oxygens (including phenoxy) is 1. The Morgan fingerprint density at radius 2 is 1.63 bits per heavy atom. The lowest BCUT2D eigenvalue weighted by Crippen LogP contribution is -1.97. The van der Waals surface area contributed by atoms with Crippen LogP contribution in [0, 0.1) is 0 Å². The van der Waals surface area contributed by atoms with Crippen LogP contribution in [0.5, 0.6) is 5.75 Å². The van der Waals surface area contributed by atoms with Crippen LogP contribution in [0.15, 0.2) is 54.7 Å². The molecule has 140 valence electrons. The first kappa shape index (κ1) is 19.3. The number of rotatable bonds is 10. The first-order valence-electron chi connectivity index (χ1n) is 9.55. The minimum absolute atomic E-state index is 0.685. The second-order valence-electron chi connectivity index (χ2n) is 6.56. The van der Waals surface area contributed by atoms with Gasteiger partial charge in [0.1, 0.15) is 17.0 Å². The molecule has 0 aliphatic carbocycles. The van der Waals surface area contributed by atoms with Gasteiger partial charge in [0.25, 0.3) is 0 Å². The van der Waals surface area contributed by atoms with Crippen LogP contribution in [0.25, 0.3) is 21.0 Å². The number of thiazole rings is 1. The molecule has 0 aliphatic rings. The quantitative estimate of drug-likeness (QED) is 0.293. The fourth-order valence-corrected chi connectivity index (χ4v) is 3.78. The number of carbonyl (C=O) groups is 1. The van der Waals surface area contributed by atoms with Gasteiger partial charge in [0.2, 0.25) is 0 Å². The monoisotopic (exact) mass is 379 g/mol. The molecule has 0 saturated heterocycles. The fourth-order valence-electron chi connectivity index (χ4n) is 2.86. The van der Waals surface area contributed by atoms with Crippen LogP contribution in [0.1, 0.15) is 49.4 Å². The molecule has 3 aromatic rings. The van der Waals surface area contributed by atoms with Crippen molar-refractivity contribution in [3.63, 3.8) is 0 Å². The number of aldehydes is 1. The lowest BCUT2D eigenvalue weighted by Gasteiger charge is -2.06. The standard InChI is InChI=1S/C23H25NO2S/c1-2-3-4-5-6-15-26-21-13-11-20(12-14-21)23-24-16-22(27-23)19-9-7-18(17-25)8-10-19/h7-14,16-17H,2-6,15H2,1H3. The highest BCUT2D eigenvalue weighted by Gasteiger charge is 2.07. The van der Waals surface area contributed by atoms with E-state index in [4.69, 9.17) is 4.74 Å². The summed E-state index contributed by atoms with van der Waals surface area (Å²) in [6, 6.07) is 15.7. The summed E-state index contributed by atoms with van der Waals surface area (Å²) in [6.45, 7) is 3.01. The fraction of sp³-hybridized carbons (Fsp3) is 0.304. The van der Waals surface area contributed by atoms with Gasteiger partial charge < -0.3 is 4.74 Å². The van der Waals surface area contributed by atoms with Crippen molar-refractivity contribution in [1.29, 1.82) is 0 Å². The minimum atomic E-state index is 0.685. The van der Waals surface area contributed by atoms with Crippen molar-refractivity contribution in [2.45, 2.75) is 39.0 Å². The summed E-state index contributed by atoms with van der Waals surface area (Å²) in [5, 5.41) is 0.982. The zero-order chi connectivity index (χ0) is 18.9. The smallest absolute Gasteiger partial charge is 0.150 e. The molecule has 3 nitrogen and oxygen atoms in total. The van der Waals surface area contributed by atoms with Crippen molar-refractivity contribution in [3.8, 4) is 26.8 Å². The molecule has 0 amide bonds. The molecule has 0 saturated carbocycles. The van der Waals surface area contributed by atoms with E-state index in [2.05, 4.69) is 24.0 Å². The number of nitrogens with zero attached hydrogens (tertiary/aromatic N) is 1. The Bertz CT molecular complexity index is 838. The second kappa shape index (κ2) is 10.0. The van der Waals surface area contributed by atoms with Crippen molar-refractivity contribution in [1.82, 2.24) is 4.98 Å². The lowest BCUT2D eigenvalue weighted by atomic mass is 10.1. The molecule has 1 aromatic heterocycles. The molecular weight excluding hydrogens is 354 g/mol. The van der Waals surface area contributed by atoms with Gasteiger partial charge in [0, 0.05) is 17.3 Å². The number of carbonyl (C=O) groups excluding carboxylic acids is 1. The summed E-state index contributed by atoms with van der Waals surface area (Å²) in [4.78, 5) is 16.4. The molecule has 0 atom stereocenters. The van der Waals surface area contributed by atoms with E-state index < -0.39 is 0 Å². The predicted molar refractivity (Wildman–Crippen MR) is 113 cm³/mol. The third-order valence-electron chi connectivity index (χ3n) is 4.45. The second-order valence-corrected chi connectivity index (χ2v) is 7.59. The highest BCUT2D eigenvalue weighted by molar-refractivity contribution is 7.18. The van der Waals surface area contributed by atoms with Crippen molar-refractivity contribution in [3.05, 3.63) is 60.3 Å². The molecule has 0 aliphatic heterocycles. The molecule has 0 unspecified atom stereocenters. The van der Waals surface area contributed by atoms with Gasteiger partial charge in [-0.25, -0.2) is 4.98 Å². The molecule has 3 rings (SSSR count). The van der Waals surface area contributed by atoms with Crippen LogP contribution in [0.4, 0.5) is 0 Å². The summed E-state index contributed by atoms with van der Waals surface area (Å²) >= 11 is 1.65. The van der Waals surface area contributed by atoms with E-state index >= 15 is 0 Å². The van der Waals surface area contributed by atoms with Crippen LogP contribution >= 0.6 is 11.3 Å². The molecule has 27 heavy (non-hydrogen) atoms. The zero-order valence-electron chi connectivity index (χ0n) is 15.7. The van der Waals surface area contributed by atoms with Crippen LogP contribution in [0.2, 0.25) is 0 Å². The van der Waals surface area contributed by atoms with Crippen molar-refractivity contribution < 1.29 is 9.53 Å². The first-order valence-corrected chi connectivity index (χ1v) is 10.4. The third kappa shape index (κ3) is 5.51. The third-order valence-corrected chi connectivity index (χ3v) is 5.55. The van der Waals surface area contributed by atoms with Crippen molar-refractivity contribution in [2.24, 2.45) is 0 Å². The lowest BCUT2D eigenvalue weighted by molar-refractivity contribution is 0.112. The summed E-state index contributed by atoms with van der Waals surface area (Å²) in [6.07, 6.45) is 8.97. The van der Waals surface area contributed by atoms with Crippen molar-refractivity contribution >= 4 is 17.6 Å². The molecule has 0 N–H and O–H groups in total. The summed E-state index contributed by atoms with van der Waals surface area (Å²) in [5.41, 5.74) is 2.85. The van der Waals surface area contributed by atoms with Crippen LogP contribution < -0.4 is 4.74 Å². The Balaban J connectivity index is 1.57. The van der Waals surface area contributed by atoms with E-state index in [0.717, 1.165) is 46.1 Å². The average Bonchev–Trinajstić information content (AvgIpc) is 3.21. The molecule has 0 spiro atoms. The van der Waals surface area contributed by atoms with E-state index in [1.807, 2.05) is 42.6 Å². The van der Waals surface area contributed by atoms with Crippen molar-refractivity contribution in [2.75, 3.05) is 6.61 Å². The summed E-state index contributed by atoms with van der Waals surface area (Å²) < 4.78 is 5.83. The van der Waals surface area contributed by atoms with Gasteiger partial charge in [0.15, 0.2) is 0 Å². The maximum Gasteiger partial charge on any atom is 0.150 e. The number of hydrogen-bond acceptors (Lipinski definition) is 4. The minimum Gasteiger partial charge on any atom is -0.494 e. The molecule has 1 heterocycles. The maximum atomic E-state index is 10.8. The van der Waals surface area contributed by atoms with Gasteiger partial charge >= 0.3 is 0 Å². The van der Waals surface area contributed by atoms with E-state index in [1.165, 1.54) is 25.7 Å². The number of hydrogen-bond donors (Lipinski definition) is 0. The van der Waals surface area contributed by atoms with Gasteiger partial charge in [-0.3, -0.25) is 4.79 Å². The van der Waals surface area contributed by atoms with E-state index in [9.17, 15) is 4.79 Å². The average molecular weight is 380 g/mol. The summed E-state index contributed by atoms with van der Waals surface area (Å²) in [5.74, 6) is 0.912. The van der Waals surface area contributed by atoms with Gasteiger partial charge in [-0.1, -0.05) is 56.9 Å². The van der Waals surface area contributed by atoms with E-state index in [-0.39, 0.29) is 0 Å². The Kier molecular flexibility index (Phi) is 7.17. The molecule has 0 radical (unpaired) electrons. The van der Waals surface area contributed by atoms with Gasteiger partial charge in [0.05, 0.1) is 11.5 Å². The highest BCUT2D eigenvalue weighted by Crippen LogP contribution is 2.32. The Labute approximate surface area is 165 Å². The molecule has 0 fully saturated rings. The Hall–Kier alpha value is -2.46. The van der Waals surface area contributed by atoms with Gasteiger partial charge in [-0.05, 0) is 36.2 Å². The van der Waals surface area contributed by atoms with Crippen LogP contribution in [-0.2, 0) is 0 Å². The van der Waals surface area contributed by atoms with E-state index in [1.54, 1.807) is 11.3 Å². The number of benzene rings is 2. The first-order chi connectivity index (χ1) is 13.3. The Morgan fingerprint density at radius 1 is 0.926 bits per heavy atom.